The van der Waals surface area contributed by atoms with E-state index in [0.29, 0.717) is 0 Å². The highest BCUT2D eigenvalue weighted by Gasteiger charge is 2.35. The minimum absolute atomic E-state index is 0.0213. The molecule has 1 saturated heterocycles. The lowest BCUT2D eigenvalue weighted by Crippen LogP contribution is -2.29. The molecule has 2 heterocycles. The summed E-state index contributed by atoms with van der Waals surface area (Å²) >= 11 is 11.5. The predicted octanol–water partition coefficient (Wildman–Crippen LogP) is 0.204. The SMILES string of the molecule is NC(=O)C1CC(=O)N(c2nc(Cl)c(N)c(Cl)n2)C1. The van der Waals surface area contributed by atoms with Gasteiger partial charge < -0.3 is 11.5 Å². The van der Waals surface area contributed by atoms with Crippen LogP contribution >= 0.6 is 23.2 Å². The molecule has 18 heavy (non-hydrogen) atoms. The minimum atomic E-state index is -0.559. The first-order chi connectivity index (χ1) is 8.40. The van der Waals surface area contributed by atoms with E-state index in [9.17, 15) is 9.59 Å². The zero-order chi connectivity index (χ0) is 13.4. The first-order valence-corrected chi connectivity index (χ1v) is 5.74. The van der Waals surface area contributed by atoms with Crippen LogP contribution in [0.3, 0.4) is 0 Å². The van der Waals surface area contributed by atoms with Crippen LogP contribution in [0.5, 0.6) is 0 Å². The van der Waals surface area contributed by atoms with Gasteiger partial charge in [0, 0.05) is 13.0 Å². The van der Waals surface area contributed by atoms with Gasteiger partial charge in [-0.2, -0.15) is 9.97 Å². The van der Waals surface area contributed by atoms with E-state index in [4.69, 9.17) is 34.7 Å². The highest BCUT2D eigenvalue weighted by atomic mass is 35.5. The number of nitrogens with two attached hydrogens (primary N) is 2. The van der Waals surface area contributed by atoms with Crippen LogP contribution in [0.4, 0.5) is 11.6 Å². The lowest BCUT2D eigenvalue weighted by molar-refractivity contribution is -0.123. The molecule has 2 rings (SSSR count). The van der Waals surface area contributed by atoms with Crippen molar-refractivity contribution in [2.24, 2.45) is 11.7 Å². The maximum Gasteiger partial charge on any atom is 0.235 e. The Balaban J connectivity index is 2.33. The van der Waals surface area contributed by atoms with Crippen molar-refractivity contribution in [2.75, 3.05) is 17.2 Å². The number of primary amides is 1. The second-order valence-electron chi connectivity index (χ2n) is 3.83. The van der Waals surface area contributed by atoms with Crippen molar-refractivity contribution >= 4 is 46.7 Å². The van der Waals surface area contributed by atoms with Gasteiger partial charge in [0.1, 0.15) is 5.69 Å². The van der Waals surface area contributed by atoms with Crippen LogP contribution in [-0.4, -0.2) is 28.3 Å². The third kappa shape index (κ3) is 2.19. The number of amides is 2. The summed E-state index contributed by atoms with van der Waals surface area (Å²) in [6.07, 6.45) is 0.0261. The number of carbonyl (C=O) groups excluding carboxylic acids is 2. The minimum Gasteiger partial charge on any atom is -0.394 e. The Labute approximate surface area is 112 Å². The first kappa shape index (κ1) is 12.8. The van der Waals surface area contributed by atoms with Crippen molar-refractivity contribution in [1.29, 1.82) is 0 Å². The van der Waals surface area contributed by atoms with Gasteiger partial charge in [-0.15, -0.1) is 0 Å². The van der Waals surface area contributed by atoms with E-state index in [-0.39, 0.29) is 40.8 Å². The molecule has 96 valence electrons. The van der Waals surface area contributed by atoms with Crippen LogP contribution in [0, 0.1) is 5.92 Å². The van der Waals surface area contributed by atoms with Crippen molar-refractivity contribution in [3.05, 3.63) is 10.3 Å². The molecule has 0 saturated carbocycles. The van der Waals surface area contributed by atoms with Crippen molar-refractivity contribution in [1.82, 2.24) is 9.97 Å². The normalized spacial score (nSPS) is 19.3. The van der Waals surface area contributed by atoms with Crippen LogP contribution < -0.4 is 16.4 Å². The number of carbonyl (C=O) groups is 2. The summed E-state index contributed by atoms with van der Waals surface area (Å²) in [5, 5.41) is -0.0827. The second-order valence-corrected chi connectivity index (χ2v) is 4.54. The van der Waals surface area contributed by atoms with Gasteiger partial charge in [0.2, 0.25) is 17.8 Å². The molecule has 1 aliphatic heterocycles. The number of nitrogens with zero attached hydrogens (tertiary/aromatic N) is 3. The van der Waals surface area contributed by atoms with Crippen LogP contribution in [0.25, 0.3) is 0 Å². The number of hydrogen-bond donors (Lipinski definition) is 2. The number of rotatable bonds is 2. The summed E-state index contributed by atoms with van der Waals surface area (Å²) in [7, 11) is 0. The topological polar surface area (TPSA) is 115 Å². The molecule has 0 aliphatic carbocycles. The number of anilines is 2. The molecule has 0 bridgehead atoms. The molecule has 9 heteroatoms. The van der Waals surface area contributed by atoms with E-state index in [0.717, 1.165) is 0 Å². The molecule has 0 aromatic carbocycles. The summed E-state index contributed by atoms with van der Waals surface area (Å²) in [5.41, 5.74) is 10.7. The molecule has 1 aromatic rings. The summed E-state index contributed by atoms with van der Waals surface area (Å²) in [4.78, 5) is 31.7. The summed E-state index contributed by atoms with van der Waals surface area (Å²) in [5.74, 6) is -1.39. The fourth-order valence-electron chi connectivity index (χ4n) is 1.62. The summed E-state index contributed by atoms with van der Waals surface area (Å²) < 4.78 is 0. The lowest BCUT2D eigenvalue weighted by atomic mass is 10.1. The molecule has 0 radical (unpaired) electrons. The average Bonchev–Trinajstić information content (AvgIpc) is 2.68. The number of nitrogen functional groups attached to an aromatic ring is 1. The third-order valence-electron chi connectivity index (χ3n) is 2.61. The summed E-state index contributed by atoms with van der Waals surface area (Å²) in [6.45, 7) is 0.116. The van der Waals surface area contributed by atoms with E-state index in [1.54, 1.807) is 0 Å². The fraction of sp³-hybridized carbons (Fsp3) is 0.333. The van der Waals surface area contributed by atoms with Gasteiger partial charge in [0.25, 0.3) is 0 Å². The molecule has 7 nitrogen and oxygen atoms in total. The monoisotopic (exact) mass is 289 g/mol. The summed E-state index contributed by atoms with van der Waals surface area (Å²) in [6, 6.07) is 0. The van der Waals surface area contributed by atoms with E-state index >= 15 is 0 Å². The van der Waals surface area contributed by atoms with Gasteiger partial charge in [-0.1, -0.05) is 23.2 Å². The molecule has 1 aliphatic rings. The van der Waals surface area contributed by atoms with Crippen LogP contribution in [0.2, 0.25) is 10.3 Å². The maximum atomic E-state index is 11.7. The number of hydrogen-bond acceptors (Lipinski definition) is 5. The van der Waals surface area contributed by atoms with E-state index in [1.807, 2.05) is 0 Å². The Bertz CT molecular complexity index is 513. The third-order valence-corrected chi connectivity index (χ3v) is 3.19. The van der Waals surface area contributed by atoms with Gasteiger partial charge in [-0.3, -0.25) is 14.5 Å². The zero-order valence-corrected chi connectivity index (χ0v) is 10.6. The quantitative estimate of drug-likeness (QED) is 0.755. The Morgan fingerprint density at radius 2 is 1.89 bits per heavy atom. The van der Waals surface area contributed by atoms with Crippen molar-refractivity contribution in [3.63, 3.8) is 0 Å². The van der Waals surface area contributed by atoms with Crippen molar-refractivity contribution < 1.29 is 9.59 Å². The second kappa shape index (κ2) is 4.58. The van der Waals surface area contributed by atoms with Gasteiger partial charge in [-0.05, 0) is 0 Å². The first-order valence-electron chi connectivity index (χ1n) is 4.98. The molecule has 1 atom stereocenters. The predicted molar refractivity (Wildman–Crippen MR) is 66.1 cm³/mol. The van der Waals surface area contributed by atoms with Gasteiger partial charge >= 0.3 is 0 Å². The smallest absolute Gasteiger partial charge is 0.235 e. The van der Waals surface area contributed by atoms with E-state index in [1.165, 1.54) is 4.90 Å². The van der Waals surface area contributed by atoms with Gasteiger partial charge in [-0.25, -0.2) is 0 Å². The average molecular weight is 290 g/mol. The zero-order valence-electron chi connectivity index (χ0n) is 9.06. The molecule has 1 unspecified atom stereocenters. The van der Waals surface area contributed by atoms with E-state index < -0.39 is 11.8 Å². The molecule has 0 spiro atoms. The Hall–Kier alpha value is -1.60. The molecule has 2 amide bonds. The van der Waals surface area contributed by atoms with Crippen LogP contribution in [0.15, 0.2) is 0 Å². The molecule has 4 N–H and O–H groups in total. The van der Waals surface area contributed by atoms with Crippen molar-refractivity contribution in [2.45, 2.75) is 6.42 Å². The Morgan fingerprint density at radius 1 is 1.33 bits per heavy atom. The molecule has 1 fully saturated rings. The fourth-order valence-corrected chi connectivity index (χ4v) is 2.00. The highest BCUT2D eigenvalue weighted by molar-refractivity contribution is 6.37. The van der Waals surface area contributed by atoms with Gasteiger partial charge in [0.15, 0.2) is 10.3 Å². The molecule has 1 aromatic heterocycles. The van der Waals surface area contributed by atoms with Crippen LogP contribution in [0.1, 0.15) is 6.42 Å². The molecular formula is C9H9Cl2N5O2. The molecular weight excluding hydrogens is 281 g/mol. The van der Waals surface area contributed by atoms with Crippen LogP contribution in [-0.2, 0) is 9.59 Å². The number of halogens is 2. The Morgan fingerprint density at radius 3 is 2.33 bits per heavy atom. The Kier molecular flexibility index (Phi) is 3.27. The van der Waals surface area contributed by atoms with E-state index in [2.05, 4.69) is 9.97 Å². The van der Waals surface area contributed by atoms with Gasteiger partial charge in [0.05, 0.1) is 5.92 Å². The maximum absolute atomic E-state index is 11.7. The highest BCUT2D eigenvalue weighted by Crippen LogP contribution is 2.29. The number of aromatic nitrogens is 2. The largest absolute Gasteiger partial charge is 0.394 e. The van der Waals surface area contributed by atoms with Crippen molar-refractivity contribution in [3.8, 4) is 0 Å². The lowest BCUT2D eigenvalue weighted by Gasteiger charge is -2.14. The standard InChI is InChI=1S/C9H9Cl2N5O2/c10-6-5(12)7(11)15-9(14-6)16-2-3(8(13)18)1-4(16)17/h3H,1-2,12H2,(H2,13,18).